The van der Waals surface area contributed by atoms with Crippen LogP contribution in [0.1, 0.15) is 32.3 Å². The highest BCUT2D eigenvalue weighted by Crippen LogP contribution is 2.36. The van der Waals surface area contributed by atoms with E-state index in [9.17, 15) is 18.0 Å². The minimum Gasteiger partial charge on any atom is -0.454 e. The van der Waals surface area contributed by atoms with Gasteiger partial charge in [0, 0.05) is 29.2 Å². The lowest BCUT2D eigenvalue weighted by Crippen LogP contribution is -2.51. The van der Waals surface area contributed by atoms with Gasteiger partial charge in [0.05, 0.1) is 11.9 Å². The van der Waals surface area contributed by atoms with Crippen LogP contribution in [-0.4, -0.2) is 57.3 Å². The first-order valence-electron chi connectivity index (χ1n) is 11.4. The normalized spacial score (nSPS) is 13.2. The van der Waals surface area contributed by atoms with E-state index < -0.39 is 28.5 Å². The van der Waals surface area contributed by atoms with Crippen LogP contribution < -0.4 is 19.1 Å². The van der Waals surface area contributed by atoms with Crippen molar-refractivity contribution in [2.24, 2.45) is 0 Å². The van der Waals surface area contributed by atoms with Crippen LogP contribution >= 0.6 is 23.2 Å². The average Bonchev–Trinajstić information content (AvgIpc) is 3.28. The number of fused-ring (bicyclic) bond motifs is 1. The number of rotatable bonds is 11. The van der Waals surface area contributed by atoms with E-state index in [1.165, 1.54) is 17.0 Å². The van der Waals surface area contributed by atoms with E-state index in [2.05, 4.69) is 5.32 Å². The number of unbranched alkanes of at least 4 members (excludes halogenated alkanes) is 1. The molecule has 9 nitrogen and oxygen atoms in total. The van der Waals surface area contributed by atoms with Gasteiger partial charge >= 0.3 is 0 Å². The number of hydrogen-bond donors (Lipinski definition) is 1. The lowest BCUT2D eigenvalue weighted by Gasteiger charge is -2.31. The van der Waals surface area contributed by atoms with Gasteiger partial charge in [0.2, 0.25) is 28.6 Å². The molecule has 196 valence electrons. The number of sulfonamides is 1. The lowest BCUT2D eigenvalue weighted by atomic mass is 10.1. The highest BCUT2D eigenvalue weighted by molar-refractivity contribution is 7.92. The summed E-state index contributed by atoms with van der Waals surface area (Å²) in [6.45, 7) is 3.54. The first kappa shape index (κ1) is 27.9. The summed E-state index contributed by atoms with van der Waals surface area (Å²) in [5.74, 6) is -0.0740. The van der Waals surface area contributed by atoms with Gasteiger partial charge in [0.15, 0.2) is 11.5 Å². The van der Waals surface area contributed by atoms with Crippen molar-refractivity contribution in [3.63, 3.8) is 0 Å². The van der Waals surface area contributed by atoms with Crippen LogP contribution in [0.25, 0.3) is 0 Å². The van der Waals surface area contributed by atoms with Gasteiger partial charge in [-0.25, -0.2) is 8.42 Å². The van der Waals surface area contributed by atoms with Crippen molar-refractivity contribution in [3.05, 3.63) is 52.0 Å². The van der Waals surface area contributed by atoms with Crippen LogP contribution in [-0.2, 0) is 26.2 Å². The summed E-state index contributed by atoms with van der Waals surface area (Å²) < 4.78 is 37.0. The Bertz CT molecular complexity index is 1220. The van der Waals surface area contributed by atoms with Gasteiger partial charge in [-0.1, -0.05) is 42.6 Å². The largest absolute Gasteiger partial charge is 0.454 e. The minimum absolute atomic E-state index is 0.0179. The number of hydrogen-bond acceptors (Lipinski definition) is 6. The third-order valence-corrected chi connectivity index (χ3v) is 7.40. The summed E-state index contributed by atoms with van der Waals surface area (Å²) in [4.78, 5) is 27.7. The molecule has 2 amide bonds. The van der Waals surface area contributed by atoms with Gasteiger partial charge in [-0.3, -0.25) is 13.9 Å². The third-order valence-electron chi connectivity index (χ3n) is 5.68. The summed E-state index contributed by atoms with van der Waals surface area (Å²) >= 11 is 12.3. The van der Waals surface area contributed by atoms with Gasteiger partial charge in [-0.05, 0) is 43.2 Å². The Morgan fingerprint density at radius 1 is 1.11 bits per heavy atom. The van der Waals surface area contributed by atoms with Gasteiger partial charge in [-0.15, -0.1) is 0 Å². The number of carbonyl (C=O) groups is 2. The maximum absolute atomic E-state index is 13.6. The van der Waals surface area contributed by atoms with Crippen molar-refractivity contribution in [1.29, 1.82) is 0 Å². The van der Waals surface area contributed by atoms with E-state index in [0.717, 1.165) is 23.4 Å². The molecule has 1 aliphatic heterocycles. The number of amides is 2. The van der Waals surface area contributed by atoms with Gasteiger partial charge < -0.3 is 19.7 Å². The molecule has 0 radical (unpaired) electrons. The second-order valence-corrected chi connectivity index (χ2v) is 11.1. The molecule has 1 aliphatic rings. The molecule has 36 heavy (non-hydrogen) atoms. The fraction of sp³-hybridized carbons (Fsp3) is 0.417. The van der Waals surface area contributed by atoms with Crippen LogP contribution in [0.4, 0.5) is 5.69 Å². The first-order chi connectivity index (χ1) is 17.0. The lowest BCUT2D eigenvalue weighted by molar-refractivity contribution is -0.139. The number of anilines is 1. The second-order valence-electron chi connectivity index (χ2n) is 8.39. The van der Waals surface area contributed by atoms with Crippen molar-refractivity contribution < 1.29 is 27.5 Å². The zero-order valence-corrected chi connectivity index (χ0v) is 22.6. The van der Waals surface area contributed by atoms with Crippen LogP contribution in [0.2, 0.25) is 10.0 Å². The monoisotopic (exact) mass is 557 g/mol. The van der Waals surface area contributed by atoms with E-state index in [4.69, 9.17) is 32.7 Å². The molecule has 0 bridgehead atoms. The predicted octanol–water partition coefficient (Wildman–Crippen LogP) is 3.82. The predicted molar refractivity (Wildman–Crippen MR) is 139 cm³/mol. The summed E-state index contributed by atoms with van der Waals surface area (Å²) in [6, 6.07) is 8.56. The summed E-state index contributed by atoms with van der Waals surface area (Å²) in [7, 11) is -3.87. The number of nitrogens with zero attached hydrogens (tertiary/aromatic N) is 2. The van der Waals surface area contributed by atoms with Crippen molar-refractivity contribution in [3.8, 4) is 11.5 Å². The Labute approximate surface area is 221 Å². The molecule has 0 saturated carbocycles. The molecule has 2 aromatic carbocycles. The Morgan fingerprint density at radius 3 is 2.50 bits per heavy atom. The molecule has 0 saturated heterocycles. The third kappa shape index (κ3) is 6.96. The standard InChI is InChI=1S/C24H29Cl2N3O6S/c1-4-5-10-27-24(31)16(2)28(13-17-6-7-18(25)11-20(17)26)23(30)14-29(36(3,32)33)19-8-9-21-22(12-19)35-15-34-21/h6-9,11-12,16H,4-5,10,13-15H2,1-3H3,(H,27,31)/t16-/m1/s1. The maximum atomic E-state index is 13.6. The highest BCUT2D eigenvalue weighted by atomic mass is 35.5. The molecular formula is C24H29Cl2N3O6S. The van der Waals surface area contributed by atoms with Crippen molar-refractivity contribution in [1.82, 2.24) is 10.2 Å². The van der Waals surface area contributed by atoms with E-state index in [1.807, 2.05) is 6.92 Å². The van der Waals surface area contributed by atoms with Crippen LogP contribution in [0.3, 0.4) is 0 Å². The number of nitrogens with one attached hydrogen (secondary N) is 1. The molecule has 1 heterocycles. The van der Waals surface area contributed by atoms with Crippen molar-refractivity contribution in [2.75, 3.05) is 30.4 Å². The van der Waals surface area contributed by atoms with Crippen LogP contribution in [0.15, 0.2) is 36.4 Å². The molecule has 1 atom stereocenters. The Kier molecular flexibility index (Phi) is 9.32. The van der Waals surface area contributed by atoms with Crippen LogP contribution in [0, 0.1) is 0 Å². The molecule has 12 heteroatoms. The average molecular weight is 558 g/mol. The number of carbonyl (C=O) groups excluding carboxylic acids is 2. The van der Waals surface area contributed by atoms with Crippen molar-refractivity contribution >= 4 is 50.7 Å². The zero-order valence-electron chi connectivity index (χ0n) is 20.3. The molecule has 0 spiro atoms. The number of halogens is 2. The van der Waals surface area contributed by atoms with E-state index in [1.54, 1.807) is 31.2 Å². The van der Waals surface area contributed by atoms with Gasteiger partial charge in [-0.2, -0.15) is 0 Å². The second kappa shape index (κ2) is 12.0. The smallest absolute Gasteiger partial charge is 0.244 e. The molecule has 1 N–H and O–H groups in total. The maximum Gasteiger partial charge on any atom is 0.244 e. The SMILES string of the molecule is CCCCNC(=O)[C@@H](C)N(Cc1ccc(Cl)cc1Cl)C(=O)CN(c1ccc2c(c1)OCO2)S(C)(=O)=O. The number of benzene rings is 2. The molecule has 2 aromatic rings. The molecule has 0 unspecified atom stereocenters. The van der Waals surface area contributed by atoms with E-state index >= 15 is 0 Å². The molecule has 0 fully saturated rings. The Balaban J connectivity index is 1.90. The van der Waals surface area contributed by atoms with Crippen molar-refractivity contribution in [2.45, 2.75) is 39.3 Å². The molecule has 0 aromatic heterocycles. The molecule has 0 aliphatic carbocycles. The molecular weight excluding hydrogens is 529 g/mol. The Morgan fingerprint density at radius 2 is 1.83 bits per heavy atom. The van der Waals surface area contributed by atoms with E-state index in [-0.39, 0.29) is 24.9 Å². The first-order valence-corrected chi connectivity index (χ1v) is 14.0. The van der Waals surface area contributed by atoms with Gasteiger partial charge in [0.1, 0.15) is 12.6 Å². The summed E-state index contributed by atoms with van der Waals surface area (Å²) in [5.41, 5.74) is 0.802. The fourth-order valence-electron chi connectivity index (χ4n) is 3.61. The minimum atomic E-state index is -3.87. The summed E-state index contributed by atoms with van der Waals surface area (Å²) in [5, 5.41) is 3.58. The highest BCUT2D eigenvalue weighted by Gasteiger charge is 2.31. The summed E-state index contributed by atoms with van der Waals surface area (Å²) in [6.07, 6.45) is 2.70. The van der Waals surface area contributed by atoms with Crippen LogP contribution in [0.5, 0.6) is 11.5 Å². The van der Waals surface area contributed by atoms with E-state index in [0.29, 0.717) is 33.7 Å². The number of ether oxygens (including phenoxy) is 2. The molecule has 3 rings (SSSR count). The quantitative estimate of drug-likeness (QED) is 0.421. The van der Waals surface area contributed by atoms with Gasteiger partial charge in [0.25, 0.3) is 0 Å². The topological polar surface area (TPSA) is 105 Å². The fourth-order valence-corrected chi connectivity index (χ4v) is 4.92. The zero-order chi connectivity index (χ0) is 26.5. The Hall–Kier alpha value is -2.69.